The van der Waals surface area contributed by atoms with Crippen LogP contribution in [0.3, 0.4) is 0 Å². The summed E-state index contributed by atoms with van der Waals surface area (Å²) in [5.74, 6) is 1.03. The van der Waals surface area contributed by atoms with Gasteiger partial charge in [-0.1, -0.05) is 6.07 Å². The van der Waals surface area contributed by atoms with E-state index in [4.69, 9.17) is 11.6 Å². The highest BCUT2D eigenvalue weighted by molar-refractivity contribution is 7.09. The van der Waals surface area contributed by atoms with Crippen molar-refractivity contribution < 1.29 is 0 Å². The molecule has 2 aromatic heterocycles. The van der Waals surface area contributed by atoms with Crippen molar-refractivity contribution in [1.29, 1.82) is 0 Å². The van der Waals surface area contributed by atoms with Crippen molar-refractivity contribution in [3.8, 4) is 0 Å². The first-order valence-electron chi connectivity index (χ1n) is 5.00. The quantitative estimate of drug-likeness (QED) is 0.923. The van der Waals surface area contributed by atoms with Crippen LogP contribution in [0.5, 0.6) is 0 Å². The van der Waals surface area contributed by atoms with Crippen molar-refractivity contribution in [1.82, 2.24) is 15.0 Å². The lowest BCUT2D eigenvalue weighted by atomic mass is 10.5. The van der Waals surface area contributed by atoms with Crippen LogP contribution >= 0.6 is 22.9 Å². The van der Waals surface area contributed by atoms with E-state index >= 15 is 0 Å². The van der Waals surface area contributed by atoms with Crippen LogP contribution in [0.4, 0.5) is 11.9 Å². The molecule has 2 rings (SSSR count). The number of aromatic nitrogens is 3. The molecular weight excluding hydrogens is 258 g/mol. The predicted octanol–water partition coefficient (Wildman–Crippen LogP) is 2.26. The maximum atomic E-state index is 5.83. The van der Waals surface area contributed by atoms with Gasteiger partial charge in [0.2, 0.25) is 17.2 Å². The Morgan fingerprint density at radius 1 is 1.35 bits per heavy atom. The molecule has 2 aromatic rings. The Bertz CT molecular complexity index is 485. The van der Waals surface area contributed by atoms with Gasteiger partial charge in [0.1, 0.15) is 0 Å². The summed E-state index contributed by atoms with van der Waals surface area (Å²) < 4.78 is 0. The zero-order valence-corrected chi connectivity index (χ0v) is 11.1. The largest absolute Gasteiger partial charge is 0.349 e. The third-order valence-corrected chi connectivity index (χ3v) is 3.04. The van der Waals surface area contributed by atoms with E-state index < -0.39 is 0 Å². The van der Waals surface area contributed by atoms with Crippen molar-refractivity contribution in [2.45, 2.75) is 6.54 Å². The summed E-state index contributed by atoms with van der Waals surface area (Å²) in [6.07, 6.45) is 0. The van der Waals surface area contributed by atoms with E-state index in [2.05, 4.69) is 20.3 Å². The number of thiophene rings is 1. The van der Waals surface area contributed by atoms with Gasteiger partial charge in [0.15, 0.2) is 0 Å². The molecule has 0 aromatic carbocycles. The SMILES string of the molecule is CN(C)c1nc(Cl)nc(NCc2cccs2)n1. The third kappa shape index (κ3) is 3.28. The van der Waals surface area contributed by atoms with Gasteiger partial charge < -0.3 is 10.2 Å². The van der Waals surface area contributed by atoms with Crippen molar-refractivity contribution >= 4 is 34.8 Å². The topological polar surface area (TPSA) is 53.9 Å². The Morgan fingerprint density at radius 2 is 2.18 bits per heavy atom. The summed E-state index contributed by atoms with van der Waals surface area (Å²) in [5, 5.41) is 5.34. The van der Waals surface area contributed by atoms with E-state index in [1.54, 1.807) is 16.2 Å². The Hall–Kier alpha value is -1.40. The normalized spacial score (nSPS) is 10.3. The number of hydrogen-bond donors (Lipinski definition) is 1. The van der Waals surface area contributed by atoms with Crippen LogP contribution < -0.4 is 10.2 Å². The Kier molecular flexibility index (Phi) is 3.75. The lowest BCUT2D eigenvalue weighted by Crippen LogP contribution is -2.15. The van der Waals surface area contributed by atoms with Crippen molar-refractivity contribution in [3.05, 3.63) is 27.7 Å². The van der Waals surface area contributed by atoms with Gasteiger partial charge in [-0.05, 0) is 23.0 Å². The van der Waals surface area contributed by atoms with Crippen LogP contribution in [0.2, 0.25) is 5.28 Å². The summed E-state index contributed by atoms with van der Waals surface area (Å²) in [5.41, 5.74) is 0. The van der Waals surface area contributed by atoms with Gasteiger partial charge in [-0.2, -0.15) is 15.0 Å². The average molecular weight is 270 g/mol. The lowest BCUT2D eigenvalue weighted by Gasteiger charge is -2.11. The zero-order chi connectivity index (χ0) is 12.3. The minimum atomic E-state index is 0.192. The molecule has 0 spiro atoms. The Morgan fingerprint density at radius 3 is 2.82 bits per heavy atom. The molecule has 0 radical (unpaired) electrons. The first-order valence-corrected chi connectivity index (χ1v) is 6.26. The van der Waals surface area contributed by atoms with E-state index in [-0.39, 0.29) is 5.28 Å². The van der Waals surface area contributed by atoms with Gasteiger partial charge in [-0.15, -0.1) is 11.3 Å². The highest BCUT2D eigenvalue weighted by Crippen LogP contribution is 2.14. The fraction of sp³-hybridized carbons (Fsp3) is 0.300. The molecule has 0 amide bonds. The maximum Gasteiger partial charge on any atom is 0.230 e. The molecule has 17 heavy (non-hydrogen) atoms. The molecule has 0 atom stereocenters. The molecule has 7 heteroatoms. The number of rotatable bonds is 4. The molecule has 0 fully saturated rings. The fourth-order valence-electron chi connectivity index (χ4n) is 1.20. The van der Waals surface area contributed by atoms with Gasteiger partial charge in [0, 0.05) is 19.0 Å². The summed E-state index contributed by atoms with van der Waals surface area (Å²) in [6.45, 7) is 0.685. The predicted molar refractivity (Wildman–Crippen MR) is 70.8 cm³/mol. The fourth-order valence-corrected chi connectivity index (χ4v) is 2.00. The maximum absolute atomic E-state index is 5.83. The van der Waals surface area contributed by atoms with E-state index in [1.807, 2.05) is 31.6 Å². The number of halogens is 1. The van der Waals surface area contributed by atoms with Crippen molar-refractivity contribution in [2.75, 3.05) is 24.3 Å². The second kappa shape index (κ2) is 5.29. The molecule has 2 heterocycles. The molecule has 0 aliphatic rings. The molecule has 90 valence electrons. The highest BCUT2D eigenvalue weighted by Gasteiger charge is 2.06. The third-order valence-electron chi connectivity index (χ3n) is 2.00. The van der Waals surface area contributed by atoms with E-state index in [1.165, 1.54) is 4.88 Å². The molecule has 5 nitrogen and oxygen atoms in total. The molecule has 0 saturated carbocycles. The molecule has 0 aliphatic heterocycles. The number of nitrogens with zero attached hydrogens (tertiary/aromatic N) is 4. The van der Waals surface area contributed by atoms with Gasteiger partial charge >= 0.3 is 0 Å². The molecule has 0 bridgehead atoms. The van der Waals surface area contributed by atoms with Gasteiger partial charge in [0.25, 0.3) is 0 Å². The average Bonchev–Trinajstić information content (AvgIpc) is 2.78. The minimum absolute atomic E-state index is 0.192. The highest BCUT2D eigenvalue weighted by atomic mass is 35.5. The van der Waals surface area contributed by atoms with Gasteiger partial charge in [0.05, 0.1) is 6.54 Å². The molecule has 1 N–H and O–H groups in total. The van der Waals surface area contributed by atoms with Crippen LogP contribution in [-0.4, -0.2) is 29.0 Å². The van der Waals surface area contributed by atoms with Crippen LogP contribution in [0.1, 0.15) is 4.88 Å². The number of hydrogen-bond acceptors (Lipinski definition) is 6. The van der Waals surface area contributed by atoms with Gasteiger partial charge in [-0.25, -0.2) is 0 Å². The lowest BCUT2D eigenvalue weighted by molar-refractivity contribution is 0.945. The summed E-state index contributed by atoms with van der Waals surface area (Å²) >= 11 is 7.51. The van der Waals surface area contributed by atoms with Crippen LogP contribution in [0.25, 0.3) is 0 Å². The summed E-state index contributed by atoms with van der Waals surface area (Å²) in [7, 11) is 3.71. The first kappa shape index (κ1) is 12.1. The van der Waals surface area contributed by atoms with Crippen LogP contribution in [-0.2, 0) is 6.54 Å². The second-order valence-corrected chi connectivity index (χ2v) is 4.93. The van der Waals surface area contributed by atoms with Crippen LogP contribution in [0, 0.1) is 0 Å². The monoisotopic (exact) mass is 269 g/mol. The smallest absolute Gasteiger partial charge is 0.230 e. The van der Waals surface area contributed by atoms with E-state index in [0.717, 1.165) is 0 Å². The summed E-state index contributed by atoms with van der Waals surface area (Å²) in [4.78, 5) is 15.3. The molecule has 0 saturated heterocycles. The minimum Gasteiger partial charge on any atom is -0.349 e. The standard InChI is InChI=1S/C10H12ClN5S/c1-16(2)10-14-8(11)13-9(15-10)12-6-7-4-3-5-17-7/h3-5H,6H2,1-2H3,(H,12,13,14,15). The zero-order valence-electron chi connectivity index (χ0n) is 9.51. The van der Waals surface area contributed by atoms with Crippen molar-refractivity contribution in [2.24, 2.45) is 0 Å². The van der Waals surface area contributed by atoms with E-state index in [0.29, 0.717) is 18.4 Å². The Labute approximate surface area is 108 Å². The molecule has 0 aliphatic carbocycles. The van der Waals surface area contributed by atoms with Gasteiger partial charge in [-0.3, -0.25) is 0 Å². The van der Waals surface area contributed by atoms with E-state index in [9.17, 15) is 0 Å². The van der Waals surface area contributed by atoms with Crippen LogP contribution in [0.15, 0.2) is 17.5 Å². The molecule has 0 unspecified atom stereocenters. The molecular formula is C10H12ClN5S. The van der Waals surface area contributed by atoms with Crippen molar-refractivity contribution in [3.63, 3.8) is 0 Å². The number of nitrogens with one attached hydrogen (secondary N) is 1. The summed E-state index contributed by atoms with van der Waals surface area (Å²) in [6, 6.07) is 4.06. The Balaban J connectivity index is 2.10. The first-order chi connectivity index (χ1) is 8.15. The second-order valence-electron chi connectivity index (χ2n) is 3.56. The number of anilines is 2.